The van der Waals surface area contributed by atoms with Gasteiger partial charge in [-0.15, -0.1) is 0 Å². The topological polar surface area (TPSA) is 42.1 Å². The van der Waals surface area contributed by atoms with Gasteiger partial charge < -0.3 is 13.8 Å². The summed E-state index contributed by atoms with van der Waals surface area (Å²) in [5.74, 6) is 0. The molecule has 0 saturated heterocycles. The van der Waals surface area contributed by atoms with Crippen LogP contribution in [-0.2, 0) is 0 Å². The van der Waals surface area contributed by atoms with Gasteiger partial charge in [-0.1, -0.05) is 54.6 Å². The first-order valence-electron chi connectivity index (χ1n) is 10.5. The molecule has 0 fully saturated rings. The van der Waals surface area contributed by atoms with E-state index in [-0.39, 0.29) is 0 Å². The molecule has 0 amide bonds. The Morgan fingerprint density at radius 3 is 1.97 bits per heavy atom. The van der Waals surface area contributed by atoms with Crippen LogP contribution in [0.25, 0.3) is 76.5 Å². The maximum Gasteiger partial charge on any atom is 0.160 e. The molecule has 5 aromatic carbocycles. The van der Waals surface area contributed by atoms with Crippen LogP contribution in [0.15, 0.2) is 93.8 Å². The lowest BCUT2D eigenvalue weighted by Crippen LogP contribution is -1.80. The fourth-order valence-corrected chi connectivity index (χ4v) is 5.35. The summed E-state index contributed by atoms with van der Waals surface area (Å²) < 4.78 is 12.7. The van der Waals surface area contributed by atoms with Gasteiger partial charge >= 0.3 is 0 Å². The number of aromatic nitrogens is 1. The number of furan rings is 2. The van der Waals surface area contributed by atoms with E-state index in [1.54, 1.807) is 0 Å². The van der Waals surface area contributed by atoms with Gasteiger partial charge in [0, 0.05) is 43.2 Å². The third-order valence-electron chi connectivity index (χ3n) is 6.59. The lowest BCUT2D eigenvalue weighted by atomic mass is 9.95. The summed E-state index contributed by atoms with van der Waals surface area (Å²) in [6.45, 7) is 0. The molecule has 0 unspecified atom stereocenters. The van der Waals surface area contributed by atoms with Crippen LogP contribution in [0.1, 0.15) is 0 Å². The van der Waals surface area contributed by atoms with Gasteiger partial charge in [0.1, 0.15) is 16.7 Å². The quantitative estimate of drug-likeness (QED) is 0.280. The smallest absolute Gasteiger partial charge is 0.160 e. The van der Waals surface area contributed by atoms with E-state index >= 15 is 0 Å². The molecule has 0 spiro atoms. The number of para-hydroxylation sites is 3. The zero-order valence-corrected chi connectivity index (χ0v) is 16.4. The van der Waals surface area contributed by atoms with Crippen LogP contribution in [0, 0.1) is 0 Å². The van der Waals surface area contributed by atoms with E-state index in [9.17, 15) is 0 Å². The van der Waals surface area contributed by atoms with E-state index in [2.05, 4.69) is 65.6 Å². The third kappa shape index (κ3) is 1.80. The second-order valence-corrected chi connectivity index (χ2v) is 8.18. The standard InChI is InChI=1S/C28H15NO2/c1-4-10-19-15(7-1)23-18-13-14-22-24(16-8-2-5-11-20(16)30-22)25(18)26-17-9-3-6-12-21(17)31-28(26)27(23)29-19/h1-14,29H. The van der Waals surface area contributed by atoms with Crippen LogP contribution >= 0.6 is 0 Å². The molecule has 31 heavy (non-hydrogen) atoms. The molecule has 3 aromatic heterocycles. The van der Waals surface area contributed by atoms with Crippen molar-refractivity contribution in [3.05, 3.63) is 84.9 Å². The summed E-state index contributed by atoms with van der Waals surface area (Å²) in [7, 11) is 0. The zero-order valence-electron chi connectivity index (χ0n) is 16.4. The van der Waals surface area contributed by atoms with Crippen molar-refractivity contribution in [1.82, 2.24) is 4.98 Å². The van der Waals surface area contributed by atoms with Crippen molar-refractivity contribution in [2.75, 3.05) is 0 Å². The molecule has 8 rings (SSSR count). The van der Waals surface area contributed by atoms with Gasteiger partial charge in [-0.3, -0.25) is 0 Å². The van der Waals surface area contributed by atoms with E-state index in [0.29, 0.717) is 0 Å². The van der Waals surface area contributed by atoms with Crippen LogP contribution < -0.4 is 0 Å². The van der Waals surface area contributed by atoms with E-state index in [0.717, 1.165) is 54.9 Å². The summed E-state index contributed by atoms with van der Waals surface area (Å²) in [5, 5.41) is 9.36. The summed E-state index contributed by atoms with van der Waals surface area (Å²) in [4.78, 5) is 3.64. The number of H-pyrrole nitrogens is 1. The van der Waals surface area contributed by atoms with E-state index in [1.165, 1.54) is 21.5 Å². The highest BCUT2D eigenvalue weighted by Gasteiger charge is 2.22. The van der Waals surface area contributed by atoms with Crippen molar-refractivity contribution < 1.29 is 8.83 Å². The first kappa shape index (κ1) is 15.6. The fourth-order valence-electron chi connectivity index (χ4n) is 5.35. The predicted octanol–water partition coefficient (Wildman–Crippen LogP) is 8.27. The molecule has 0 aliphatic carbocycles. The Labute approximate surface area is 175 Å². The minimum absolute atomic E-state index is 0.898. The molecule has 0 radical (unpaired) electrons. The fraction of sp³-hybridized carbons (Fsp3) is 0. The Balaban J connectivity index is 1.83. The Hall–Kier alpha value is -4.24. The van der Waals surface area contributed by atoms with E-state index in [4.69, 9.17) is 8.83 Å². The zero-order chi connectivity index (χ0) is 20.1. The van der Waals surface area contributed by atoms with Gasteiger partial charge in [-0.05, 0) is 35.7 Å². The lowest BCUT2D eigenvalue weighted by Gasteiger charge is -2.05. The molecule has 0 atom stereocenters. The Kier molecular flexibility index (Phi) is 2.65. The average molecular weight is 397 g/mol. The molecule has 3 heterocycles. The van der Waals surface area contributed by atoms with Crippen molar-refractivity contribution >= 4 is 76.5 Å². The third-order valence-corrected chi connectivity index (χ3v) is 6.59. The van der Waals surface area contributed by atoms with Crippen molar-refractivity contribution in [3.63, 3.8) is 0 Å². The molecule has 3 heteroatoms. The summed E-state index contributed by atoms with van der Waals surface area (Å²) in [6, 6.07) is 29.3. The van der Waals surface area contributed by atoms with Gasteiger partial charge in [0.15, 0.2) is 5.58 Å². The number of hydrogen-bond donors (Lipinski definition) is 1. The molecular weight excluding hydrogens is 382 g/mol. The Bertz CT molecular complexity index is 2000. The number of aromatic amines is 1. The lowest BCUT2D eigenvalue weighted by molar-refractivity contribution is 0.669. The number of rotatable bonds is 0. The monoisotopic (exact) mass is 397 g/mol. The first-order chi connectivity index (χ1) is 15.4. The second kappa shape index (κ2) is 5.27. The van der Waals surface area contributed by atoms with Gasteiger partial charge in [0.2, 0.25) is 0 Å². The molecule has 0 aliphatic heterocycles. The first-order valence-corrected chi connectivity index (χ1v) is 10.5. The molecule has 3 nitrogen and oxygen atoms in total. The minimum atomic E-state index is 0.898. The minimum Gasteiger partial charge on any atom is -0.456 e. The number of hydrogen-bond acceptors (Lipinski definition) is 2. The van der Waals surface area contributed by atoms with Crippen molar-refractivity contribution in [1.29, 1.82) is 0 Å². The van der Waals surface area contributed by atoms with Gasteiger partial charge in [-0.25, -0.2) is 0 Å². The summed E-state index contributed by atoms with van der Waals surface area (Å²) in [6.07, 6.45) is 0. The number of fused-ring (bicyclic) bond motifs is 14. The Morgan fingerprint density at radius 2 is 1.13 bits per heavy atom. The average Bonchev–Trinajstić information content (AvgIpc) is 3.49. The maximum absolute atomic E-state index is 6.48. The highest BCUT2D eigenvalue weighted by molar-refractivity contribution is 6.40. The van der Waals surface area contributed by atoms with Crippen LogP contribution in [-0.4, -0.2) is 4.98 Å². The molecule has 0 saturated carbocycles. The van der Waals surface area contributed by atoms with Crippen molar-refractivity contribution in [2.24, 2.45) is 0 Å². The SMILES string of the molecule is c1ccc2c(c1)[nH]c1c3oc4ccccc4c3c3c(ccc4oc5ccccc5c43)c21. The summed E-state index contributed by atoms with van der Waals surface area (Å²) >= 11 is 0. The van der Waals surface area contributed by atoms with Crippen molar-refractivity contribution in [3.8, 4) is 0 Å². The van der Waals surface area contributed by atoms with Crippen LogP contribution in [0.3, 0.4) is 0 Å². The molecule has 144 valence electrons. The molecule has 0 aliphatic rings. The van der Waals surface area contributed by atoms with Gasteiger partial charge in [0.05, 0.1) is 5.52 Å². The Morgan fingerprint density at radius 1 is 0.452 bits per heavy atom. The van der Waals surface area contributed by atoms with Crippen LogP contribution in [0.5, 0.6) is 0 Å². The molecule has 0 bridgehead atoms. The molecule has 8 aromatic rings. The van der Waals surface area contributed by atoms with E-state index < -0.39 is 0 Å². The number of benzene rings is 5. The van der Waals surface area contributed by atoms with Crippen molar-refractivity contribution in [2.45, 2.75) is 0 Å². The highest BCUT2D eigenvalue weighted by atomic mass is 16.3. The van der Waals surface area contributed by atoms with Gasteiger partial charge in [-0.2, -0.15) is 0 Å². The molecule has 1 N–H and O–H groups in total. The van der Waals surface area contributed by atoms with Gasteiger partial charge in [0.25, 0.3) is 0 Å². The largest absolute Gasteiger partial charge is 0.456 e. The second-order valence-electron chi connectivity index (χ2n) is 8.18. The van der Waals surface area contributed by atoms with Crippen LogP contribution in [0.2, 0.25) is 0 Å². The number of nitrogens with one attached hydrogen (secondary N) is 1. The van der Waals surface area contributed by atoms with E-state index in [1.807, 2.05) is 24.3 Å². The highest BCUT2D eigenvalue weighted by Crippen LogP contribution is 2.47. The normalized spacial score (nSPS) is 12.5. The molecular formula is C28H15NO2. The predicted molar refractivity (Wildman–Crippen MR) is 128 cm³/mol. The van der Waals surface area contributed by atoms with Crippen LogP contribution in [0.4, 0.5) is 0 Å². The maximum atomic E-state index is 6.48. The summed E-state index contributed by atoms with van der Waals surface area (Å²) in [5.41, 5.74) is 5.77.